The molecule has 12 heteroatoms. The van der Waals surface area contributed by atoms with Gasteiger partial charge in [-0.05, 0) is 56.6 Å². The van der Waals surface area contributed by atoms with E-state index in [-0.39, 0.29) is 42.1 Å². The summed E-state index contributed by atoms with van der Waals surface area (Å²) < 4.78 is 17.7. The Hall–Kier alpha value is -3.09. The summed E-state index contributed by atoms with van der Waals surface area (Å²) in [6.07, 6.45) is 5.53. The molecule has 246 valence electrons. The molecule has 0 unspecified atom stereocenters. The second-order valence-corrected chi connectivity index (χ2v) is 12.5. The number of H-pyrrole nitrogens is 1. The number of carbonyl (C=O) groups is 3. The number of aromatic amines is 1. The number of aliphatic imine (C=N–C) groups is 1. The summed E-state index contributed by atoms with van der Waals surface area (Å²) in [4.78, 5) is 45.6. The molecular formula is C32H51N5O7. The molecule has 1 saturated heterocycles. The first-order chi connectivity index (χ1) is 20.9. The molecule has 1 saturated carbocycles. The first-order valence-corrected chi connectivity index (χ1v) is 16.0. The van der Waals surface area contributed by atoms with Gasteiger partial charge in [0.05, 0.1) is 11.4 Å². The number of amides is 1. The summed E-state index contributed by atoms with van der Waals surface area (Å²) in [5.41, 5.74) is 5.43. The standard InChI is InChI=1S/C32H51N5O7/c1-6-21(7-2)30(40)37-29(35-18-33)22-14-15-24(36-22)32(5)28(39)27(43-31(41)26(34)19(3)4)23(44-32)17-42-25(38)16-20-12-10-8-9-11-13-20/h14-15,18-21,23,26-28,36,39H,6-13,16-17,34H2,1-5H3,(H2,33,35,37,40)/t23-,26+,27-,28-,32+/m1/s1. The molecule has 0 radical (unpaired) electrons. The Balaban J connectivity index is 1.82. The number of hydrogen-bond acceptors (Lipinski definition) is 9. The van der Waals surface area contributed by atoms with Crippen molar-refractivity contribution < 1.29 is 33.7 Å². The van der Waals surface area contributed by atoms with E-state index in [1.54, 1.807) is 32.9 Å². The topological polar surface area (TPSA) is 189 Å². The average Bonchev–Trinajstić information content (AvgIpc) is 3.47. The van der Waals surface area contributed by atoms with Gasteiger partial charge in [-0.15, -0.1) is 0 Å². The predicted molar refractivity (Wildman–Crippen MR) is 166 cm³/mol. The Morgan fingerprint density at radius 3 is 2.45 bits per heavy atom. The summed E-state index contributed by atoms with van der Waals surface area (Å²) in [6.45, 7) is 8.86. The van der Waals surface area contributed by atoms with Crippen LogP contribution in [0.25, 0.3) is 0 Å². The Kier molecular flexibility index (Phi) is 13.1. The van der Waals surface area contributed by atoms with Gasteiger partial charge < -0.3 is 35.4 Å². The fourth-order valence-electron chi connectivity index (χ4n) is 5.92. The van der Waals surface area contributed by atoms with Crippen LogP contribution in [-0.4, -0.2) is 71.1 Å². The van der Waals surface area contributed by atoms with Crippen molar-refractivity contribution in [2.45, 2.75) is 122 Å². The molecule has 0 aromatic carbocycles. The van der Waals surface area contributed by atoms with E-state index in [2.05, 4.69) is 15.3 Å². The highest BCUT2D eigenvalue weighted by molar-refractivity contribution is 6.09. The van der Waals surface area contributed by atoms with Gasteiger partial charge in [0.1, 0.15) is 36.8 Å². The number of esters is 2. The SMILES string of the molecule is CCC(CC)C(=O)NC(=NC=N)c1ccc([C@]2(C)O[C@H](COC(=O)CC3CCCCCC3)[C@@H](OC(=O)[C@@H](N)C(C)C)[C@H]2O)[nH]1. The van der Waals surface area contributed by atoms with Crippen LogP contribution in [0.4, 0.5) is 0 Å². The maximum Gasteiger partial charge on any atom is 0.323 e. The molecule has 3 rings (SSSR count). The zero-order valence-electron chi connectivity index (χ0n) is 26.8. The number of carbonyl (C=O) groups excluding carboxylic acids is 3. The number of nitrogens with zero attached hydrogens (tertiary/aromatic N) is 1. The lowest BCUT2D eigenvalue weighted by atomic mass is 9.93. The highest BCUT2D eigenvalue weighted by Crippen LogP contribution is 2.41. The molecule has 0 spiro atoms. The van der Waals surface area contributed by atoms with Gasteiger partial charge in [-0.25, -0.2) is 4.99 Å². The number of rotatable bonds is 13. The highest BCUT2D eigenvalue weighted by Gasteiger charge is 2.56. The van der Waals surface area contributed by atoms with Crippen molar-refractivity contribution in [3.63, 3.8) is 0 Å². The Bertz CT molecular complexity index is 1160. The molecule has 1 aliphatic heterocycles. The third-order valence-electron chi connectivity index (χ3n) is 8.99. The Morgan fingerprint density at radius 2 is 1.86 bits per heavy atom. The number of nitrogens with one attached hydrogen (secondary N) is 3. The molecule has 6 N–H and O–H groups in total. The van der Waals surface area contributed by atoms with E-state index < -0.39 is 35.9 Å². The zero-order chi connectivity index (χ0) is 32.4. The molecule has 12 nitrogen and oxygen atoms in total. The van der Waals surface area contributed by atoms with E-state index >= 15 is 0 Å². The maximum absolute atomic E-state index is 12.9. The summed E-state index contributed by atoms with van der Waals surface area (Å²) in [7, 11) is 0. The smallest absolute Gasteiger partial charge is 0.323 e. The molecular weight excluding hydrogens is 566 g/mol. The minimum atomic E-state index is -1.42. The lowest BCUT2D eigenvalue weighted by molar-refractivity contribution is -0.162. The second-order valence-electron chi connectivity index (χ2n) is 12.5. The van der Waals surface area contributed by atoms with E-state index in [1.807, 2.05) is 13.8 Å². The summed E-state index contributed by atoms with van der Waals surface area (Å²) in [5.74, 6) is -1.24. The van der Waals surface area contributed by atoms with Gasteiger partial charge in [-0.2, -0.15) is 0 Å². The van der Waals surface area contributed by atoms with Gasteiger partial charge in [0.2, 0.25) is 5.91 Å². The average molecular weight is 618 g/mol. The summed E-state index contributed by atoms with van der Waals surface area (Å²) in [5, 5.41) is 21.8. The van der Waals surface area contributed by atoms with Gasteiger partial charge in [0, 0.05) is 12.3 Å². The molecule has 2 heterocycles. The Labute approximate surface area is 260 Å². The molecule has 1 aliphatic carbocycles. The van der Waals surface area contributed by atoms with Crippen LogP contribution in [0.1, 0.15) is 104 Å². The van der Waals surface area contributed by atoms with Crippen molar-refractivity contribution in [2.75, 3.05) is 6.61 Å². The lowest BCUT2D eigenvalue weighted by Gasteiger charge is -2.27. The third kappa shape index (κ3) is 8.76. The van der Waals surface area contributed by atoms with Gasteiger partial charge in [-0.1, -0.05) is 53.4 Å². The van der Waals surface area contributed by atoms with E-state index in [1.165, 1.54) is 12.8 Å². The van der Waals surface area contributed by atoms with Crippen molar-refractivity contribution in [3.8, 4) is 0 Å². The van der Waals surface area contributed by atoms with Crippen molar-refractivity contribution in [1.29, 1.82) is 5.41 Å². The third-order valence-corrected chi connectivity index (χ3v) is 8.99. The number of aliphatic hydroxyl groups excluding tert-OH is 1. The van der Waals surface area contributed by atoms with Crippen LogP contribution in [0, 0.1) is 23.2 Å². The van der Waals surface area contributed by atoms with Gasteiger partial charge in [-0.3, -0.25) is 19.8 Å². The number of nitrogens with two attached hydrogens (primary N) is 1. The van der Waals surface area contributed by atoms with Crippen LogP contribution in [0.2, 0.25) is 0 Å². The highest BCUT2D eigenvalue weighted by atomic mass is 16.6. The van der Waals surface area contributed by atoms with Crippen LogP contribution in [0.5, 0.6) is 0 Å². The molecule has 1 aromatic rings. The first-order valence-electron chi connectivity index (χ1n) is 16.0. The summed E-state index contributed by atoms with van der Waals surface area (Å²) >= 11 is 0. The minimum Gasteiger partial charge on any atom is -0.463 e. The number of ether oxygens (including phenoxy) is 3. The normalized spacial score (nSPS) is 25.5. The molecule has 1 aromatic heterocycles. The maximum atomic E-state index is 12.9. The number of hydrogen-bond donors (Lipinski definition) is 5. The zero-order valence-corrected chi connectivity index (χ0v) is 26.8. The molecule has 0 bridgehead atoms. The van der Waals surface area contributed by atoms with Crippen LogP contribution < -0.4 is 11.1 Å². The fraction of sp³-hybridized carbons (Fsp3) is 0.719. The molecule has 44 heavy (non-hydrogen) atoms. The van der Waals surface area contributed by atoms with Crippen molar-refractivity contribution >= 4 is 30.0 Å². The van der Waals surface area contributed by atoms with E-state index in [4.69, 9.17) is 25.4 Å². The number of aliphatic hydroxyl groups is 1. The first kappa shape index (κ1) is 35.4. The van der Waals surface area contributed by atoms with E-state index in [9.17, 15) is 19.5 Å². The largest absolute Gasteiger partial charge is 0.463 e. The second kappa shape index (κ2) is 16.3. The quantitative estimate of drug-likeness (QED) is 0.0958. The Morgan fingerprint density at radius 1 is 1.20 bits per heavy atom. The van der Waals surface area contributed by atoms with E-state index in [0.717, 1.165) is 32.0 Å². The van der Waals surface area contributed by atoms with Crippen molar-refractivity contribution in [2.24, 2.45) is 28.5 Å². The molecule has 2 aliphatic rings. The lowest BCUT2D eigenvalue weighted by Crippen LogP contribution is -2.46. The fourth-order valence-corrected chi connectivity index (χ4v) is 5.92. The van der Waals surface area contributed by atoms with E-state index in [0.29, 0.717) is 30.7 Å². The van der Waals surface area contributed by atoms with Crippen LogP contribution in [0.15, 0.2) is 17.1 Å². The van der Waals surface area contributed by atoms with Gasteiger partial charge in [0.25, 0.3) is 0 Å². The minimum absolute atomic E-state index is 0.147. The predicted octanol–water partition coefficient (Wildman–Crippen LogP) is 3.69. The van der Waals surface area contributed by atoms with Crippen molar-refractivity contribution in [3.05, 3.63) is 23.5 Å². The van der Waals surface area contributed by atoms with Crippen LogP contribution in [-0.2, 0) is 34.2 Å². The van der Waals surface area contributed by atoms with Crippen LogP contribution in [0.3, 0.4) is 0 Å². The van der Waals surface area contributed by atoms with Gasteiger partial charge in [0.15, 0.2) is 11.9 Å². The number of aromatic nitrogens is 1. The van der Waals surface area contributed by atoms with Gasteiger partial charge >= 0.3 is 11.9 Å². The molecule has 5 atom stereocenters. The molecule has 1 amide bonds. The summed E-state index contributed by atoms with van der Waals surface area (Å²) in [6, 6.07) is 2.41. The monoisotopic (exact) mass is 617 g/mol. The number of amidine groups is 1. The molecule has 2 fully saturated rings. The van der Waals surface area contributed by atoms with Crippen LogP contribution >= 0.6 is 0 Å². The van der Waals surface area contributed by atoms with Crippen molar-refractivity contribution in [1.82, 2.24) is 10.3 Å².